The molecule has 1 aliphatic rings. The molecule has 0 radical (unpaired) electrons. The number of fused-ring (bicyclic) bond motifs is 1. The van der Waals surface area contributed by atoms with Gasteiger partial charge in [-0.05, 0) is 69.3 Å². The fourth-order valence-corrected chi connectivity index (χ4v) is 3.83. The van der Waals surface area contributed by atoms with Crippen molar-refractivity contribution in [2.75, 3.05) is 32.8 Å². The minimum atomic E-state index is -0.0463. The topological polar surface area (TPSA) is 54.5 Å². The summed E-state index contributed by atoms with van der Waals surface area (Å²) in [6.45, 7) is 6.43. The van der Waals surface area contributed by atoms with Crippen LogP contribution in [0.2, 0.25) is 0 Å². The van der Waals surface area contributed by atoms with Crippen LogP contribution in [0, 0.1) is 0 Å². The van der Waals surface area contributed by atoms with Crippen molar-refractivity contribution >= 4 is 16.8 Å². The van der Waals surface area contributed by atoms with Crippen LogP contribution >= 0.6 is 0 Å². The lowest BCUT2D eigenvalue weighted by Crippen LogP contribution is -2.33. The van der Waals surface area contributed by atoms with Gasteiger partial charge in [-0.25, -0.2) is 4.98 Å². The van der Waals surface area contributed by atoms with Crippen molar-refractivity contribution in [2.45, 2.75) is 19.8 Å². The van der Waals surface area contributed by atoms with Crippen LogP contribution in [-0.4, -0.2) is 48.6 Å². The molecule has 4 rings (SSSR count). The molecule has 1 fully saturated rings. The van der Waals surface area contributed by atoms with E-state index in [-0.39, 0.29) is 5.91 Å². The Hall–Kier alpha value is -2.92. The van der Waals surface area contributed by atoms with Crippen LogP contribution in [0.15, 0.2) is 54.6 Å². The quantitative estimate of drug-likeness (QED) is 0.660. The van der Waals surface area contributed by atoms with Gasteiger partial charge in [-0.3, -0.25) is 4.79 Å². The number of carbonyl (C=O) groups is 1. The second-order valence-corrected chi connectivity index (χ2v) is 7.33. The molecule has 0 unspecified atom stereocenters. The SMILES string of the molecule is CCOc1ccc(-c2cc(C(=O)NCCN3CCCC3)c3ccccc3n2)cc1. The minimum Gasteiger partial charge on any atom is -0.494 e. The number of hydrogen-bond acceptors (Lipinski definition) is 4. The standard InChI is InChI=1S/C24H27N3O2/c1-2-29-19-11-9-18(10-12-19)23-17-21(20-7-3-4-8-22(20)26-23)24(28)25-13-16-27-14-5-6-15-27/h3-4,7-12,17H,2,5-6,13-16H2,1H3,(H,25,28). The average Bonchev–Trinajstić information content (AvgIpc) is 3.27. The summed E-state index contributed by atoms with van der Waals surface area (Å²) in [5.41, 5.74) is 3.24. The predicted molar refractivity (Wildman–Crippen MR) is 116 cm³/mol. The Kier molecular flexibility index (Phi) is 6.06. The number of rotatable bonds is 7. The highest BCUT2D eigenvalue weighted by atomic mass is 16.5. The normalized spacial score (nSPS) is 14.2. The first-order chi connectivity index (χ1) is 14.2. The molecule has 3 aromatic rings. The summed E-state index contributed by atoms with van der Waals surface area (Å²) in [4.78, 5) is 20.2. The average molecular weight is 389 g/mol. The summed E-state index contributed by atoms with van der Waals surface area (Å²) < 4.78 is 5.53. The van der Waals surface area contributed by atoms with Gasteiger partial charge in [0.05, 0.1) is 23.4 Å². The van der Waals surface area contributed by atoms with Crippen LogP contribution in [0.1, 0.15) is 30.1 Å². The van der Waals surface area contributed by atoms with Crippen LogP contribution in [0.4, 0.5) is 0 Å². The van der Waals surface area contributed by atoms with Gasteiger partial charge in [-0.2, -0.15) is 0 Å². The fraction of sp³-hybridized carbons (Fsp3) is 0.333. The van der Waals surface area contributed by atoms with Crippen molar-refractivity contribution < 1.29 is 9.53 Å². The first-order valence-corrected chi connectivity index (χ1v) is 10.4. The summed E-state index contributed by atoms with van der Waals surface area (Å²) in [5.74, 6) is 0.784. The van der Waals surface area contributed by atoms with E-state index >= 15 is 0 Å². The first-order valence-electron chi connectivity index (χ1n) is 10.4. The number of ether oxygens (including phenoxy) is 1. The number of hydrogen-bond donors (Lipinski definition) is 1. The summed E-state index contributed by atoms with van der Waals surface area (Å²) >= 11 is 0. The third-order valence-corrected chi connectivity index (χ3v) is 5.33. The van der Waals surface area contributed by atoms with Gasteiger partial charge in [0.2, 0.25) is 0 Å². The zero-order valence-electron chi connectivity index (χ0n) is 16.9. The third-order valence-electron chi connectivity index (χ3n) is 5.33. The van der Waals surface area contributed by atoms with Crippen LogP contribution in [-0.2, 0) is 0 Å². The molecule has 1 amide bonds. The van der Waals surface area contributed by atoms with Crippen LogP contribution in [0.5, 0.6) is 5.75 Å². The van der Waals surface area contributed by atoms with Crippen molar-refractivity contribution in [3.63, 3.8) is 0 Å². The van der Waals surface area contributed by atoms with Crippen molar-refractivity contribution in [3.8, 4) is 17.0 Å². The highest BCUT2D eigenvalue weighted by Crippen LogP contribution is 2.26. The Labute approximate surface area is 171 Å². The molecule has 1 aromatic heterocycles. The Morgan fingerprint density at radius 1 is 1.10 bits per heavy atom. The molecule has 0 saturated carbocycles. The number of aromatic nitrogens is 1. The van der Waals surface area contributed by atoms with E-state index in [0.717, 1.165) is 47.5 Å². The number of nitrogens with one attached hydrogen (secondary N) is 1. The molecule has 1 aliphatic heterocycles. The second kappa shape index (κ2) is 9.05. The molecule has 0 aliphatic carbocycles. The lowest BCUT2D eigenvalue weighted by Gasteiger charge is -2.15. The van der Waals surface area contributed by atoms with Gasteiger partial charge in [0.15, 0.2) is 0 Å². The van der Waals surface area contributed by atoms with E-state index in [0.29, 0.717) is 18.7 Å². The minimum absolute atomic E-state index is 0.0463. The first kappa shape index (κ1) is 19.4. The lowest BCUT2D eigenvalue weighted by atomic mass is 10.0. The van der Waals surface area contributed by atoms with Crippen LogP contribution in [0.25, 0.3) is 22.2 Å². The number of pyridine rings is 1. The van der Waals surface area contributed by atoms with Gasteiger partial charge in [0, 0.05) is 24.0 Å². The molecule has 1 saturated heterocycles. The van der Waals surface area contributed by atoms with Gasteiger partial charge in [0.1, 0.15) is 5.75 Å². The predicted octanol–water partition coefficient (Wildman–Crippen LogP) is 4.13. The lowest BCUT2D eigenvalue weighted by molar-refractivity contribution is 0.0951. The largest absolute Gasteiger partial charge is 0.494 e. The molecule has 2 aromatic carbocycles. The summed E-state index contributed by atoms with van der Waals surface area (Å²) in [6.07, 6.45) is 2.52. The van der Waals surface area contributed by atoms with E-state index in [1.165, 1.54) is 12.8 Å². The Balaban J connectivity index is 1.59. The summed E-state index contributed by atoms with van der Waals surface area (Å²) in [6, 6.07) is 17.5. The van der Waals surface area contributed by atoms with Gasteiger partial charge < -0.3 is 15.0 Å². The molecule has 0 spiro atoms. The summed E-state index contributed by atoms with van der Waals surface area (Å²) in [7, 11) is 0. The highest BCUT2D eigenvalue weighted by Gasteiger charge is 2.15. The maximum Gasteiger partial charge on any atom is 0.252 e. The van der Waals surface area contributed by atoms with Gasteiger partial charge in [-0.15, -0.1) is 0 Å². The van der Waals surface area contributed by atoms with Crippen LogP contribution in [0.3, 0.4) is 0 Å². The zero-order chi connectivity index (χ0) is 20.1. The van der Waals surface area contributed by atoms with Crippen molar-refractivity contribution in [1.29, 1.82) is 0 Å². The highest BCUT2D eigenvalue weighted by molar-refractivity contribution is 6.07. The molecule has 5 heteroatoms. The number of likely N-dealkylation sites (tertiary alicyclic amines) is 1. The molecular weight excluding hydrogens is 362 g/mol. The van der Waals surface area contributed by atoms with E-state index < -0.39 is 0 Å². The van der Waals surface area contributed by atoms with E-state index in [1.807, 2.05) is 61.5 Å². The third kappa shape index (κ3) is 4.57. The second-order valence-electron chi connectivity index (χ2n) is 7.33. The van der Waals surface area contributed by atoms with E-state index in [4.69, 9.17) is 9.72 Å². The molecule has 0 bridgehead atoms. The number of benzene rings is 2. The Morgan fingerprint density at radius 3 is 2.62 bits per heavy atom. The van der Waals surface area contributed by atoms with Gasteiger partial charge >= 0.3 is 0 Å². The number of carbonyl (C=O) groups excluding carboxylic acids is 1. The number of nitrogens with zero attached hydrogens (tertiary/aromatic N) is 2. The maximum atomic E-state index is 13.0. The van der Waals surface area contributed by atoms with Crippen molar-refractivity contribution in [2.24, 2.45) is 0 Å². The molecule has 0 atom stereocenters. The molecule has 150 valence electrons. The van der Waals surface area contributed by atoms with Crippen LogP contribution < -0.4 is 10.1 Å². The van der Waals surface area contributed by atoms with Gasteiger partial charge in [-0.1, -0.05) is 18.2 Å². The Morgan fingerprint density at radius 2 is 1.86 bits per heavy atom. The number of amides is 1. The fourth-order valence-electron chi connectivity index (χ4n) is 3.83. The molecule has 1 N–H and O–H groups in total. The van der Waals surface area contributed by atoms with E-state index in [1.54, 1.807) is 0 Å². The smallest absolute Gasteiger partial charge is 0.252 e. The maximum absolute atomic E-state index is 13.0. The van der Waals surface area contributed by atoms with Gasteiger partial charge in [0.25, 0.3) is 5.91 Å². The van der Waals surface area contributed by atoms with Crippen molar-refractivity contribution in [3.05, 3.63) is 60.2 Å². The Bertz CT molecular complexity index is 979. The monoisotopic (exact) mass is 389 g/mol. The molecule has 2 heterocycles. The van der Waals surface area contributed by atoms with E-state index in [9.17, 15) is 4.79 Å². The number of para-hydroxylation sites is 1. The molecule has 29 heavy (non-hydrogen) atoms. The molecular formula is C24H27N3O2. The van der Waals surface area contributed by atoms with Crippen molar-refractivity contribution in [1.82, 2.24) is 15.2 Å². The summed E-state index contributed by atoms with van der Waals surface area (Å²) in [5, 5.41) is 3.97. The van der Waals surface area contributed by atoms with E-state index in [2.05, 4.69) is 10.2 Å². The molecule has 5 nitrogen and oxygen atoms in total. The zero-order valence-corrected chi connectivity index (χ0v) is 16.9.